The molecule has 29 heavy (non-hydrogen) atoms. The topological polar surface area (TPSA) is 83.0 Å². The highest BCUT2D eigenvalue weighted by Gasteiger charge is 2.41. The van der Waals surface area contributed by atoms with Crippen LogP contribution in [0, 0.1) is 5.41 Å². The molecule has 0 unspecified atom stereocenters. The number of carbonyl (C=O) groups excluding carboxylic acids is 1. The molecule has 0 aromatic carbocycles. The van der Waals surface area contributed by atoms with Gasteiger partial charge in [-0.05, 0) is 32.4 Å². The number of piperidine rings is 1. The number of amides is 2. The molecule has 0 aliphatic carbocycles. The third-order valence-corrected chi connectivity index (χ3v) is 4.82. The molecule has 2 heterocycles. The van der Waals surface area contributed by atoms with Crippen LogP contribution < -0.4 is 4.74 Å². The molecule has 1 aromatic heterocycles. The van der Waals surface area contributed by atoms with Crippen molar-refractivity contribution in [1.82, 2.24) is 14.8 Å². The van der Waals surface area contributed by atoms with Crippen LogP contribution in [0.15, 0.2) is 18.3 Å². The van der Waals surface area contributed by atoms with Gasteiger partial charge in [-0.2, -0.15) is 13.2 Å². The van der Waals surface area contributed by atoms with Crippen LogP contribution in [-0.2, 0) is 11.0 Å². The van der Waals surface area contributed by atoms with E-state index in [1.54, 1.807) is 0 Å². The molecule has 0 radical (unpaired) electrons. The van der Waals surface area contributed by atoms with Crippen molar-refractivity contribution in [3.8, 4) is 5.88 Å². The van der Waals surface area contributed by atoms with Gasteiger partial charge in [0.2, 0.25) is 11.8 Å². The van der Waals surface area contributed by atoms with Crippen LogP contribution in [0.3, 0.4) is 0 Å². The Morgan fingerprint density at radius 2 is 2.03 bits per heavy atom. The van der Waals surface area contributed by atoms with Gasteiger partial charge in [0.15, 0.2) is 0 Å². The van der Waals surface area contributed by atoms with Crippen molar-refractivity contribution >= 4 is 12.0 Å². The molecule has 162 valence electrons. The lowest BCUT2D eigenvalue weighted by molar-refractivity contribution is -0.146. The Balaban J connectivity index is 2.06. The van der Waals surface area contributed by atoms with Crippen LogP contribution in [0.1, 0.15) is 25.8 Å². The predicted octanol–water partition coefficient (Wildman–Crippen LogP) is 3.05. The van der Waals surface area contributed by atoms with Gasteiger partial charge in [-0.1, -0.05) is 0 Å². The lowest BCUT2D eigenvalue weighted by atomic mass is 9.90. The Bertz CT molecular complexity index is 757. The van der Waals surface area contributed by atoms with Crippen LogP contribution in [-0.4, -0.2) is 70.8 Å². The summed E-state index contributed by atoms with van der Waals surface area (Å²) in [5.74, 6) is -1.17. The fraction of sp³-hybridized carbons (Fsp3) is 0.611. The number of likely N-dealkylation sites (tertiary alicyclic amines) is 1. The minimum absolute atomic E-state index is 0.0812. The summed E-state index contributed by atoms with van der Waals surface area (Å²) in [6, 6.07) is 1.12. The van der Waals surface area contributed by atoms with Gasteiger partial charge in [-0.15, -0.1) is 0 Å². The van der Waals surface area contributed by atoms with E-state index in [0.717, 1.165) is 23.2 Å². The Kier molecular flexibility index (Phi) is 6.59. The van der Waals surface area contributed by atoms with Crippen molar-refractivity contribution in [2.45, 2.75) is 38.7 Å². The molecular formula is C18H23F4N3O4. The molecule has 2 rings (SSSR count). The Labute approximate surface area is 165 Å². The smallest absolute Gasteiger partial charge is 0.421 e. The van der Waals surface area contributed by atoms with Crippen molar-refractivity contribution in [2.75, 3.05) is 26.7 Å². The van der Waals surface area contributed by atoms with E-state index < -0.39 is 53.9 Å². The van der Waals surface area contributed by atoms with Gasteiger partial charge in [-0.3, -0.25) is 4.79 Å². The van der Waals surface area contributed by atoms with Crippen molar-refractivity contribution in [1.29, 1.82) is 0 Å². The second-order valence-electron chi connectivity index (χ2n) is 7.54. The van der Waals surface area contributed by atoms with Gasteiger partial charge in [-0.25, -0.2) is 14.2 Å². The highest BCUT2D eigenvalue weighted by Crippen LogP contribution is 2.35. The number of hydrogen-bond donors (Lipinski definition) is 1. The van der Waals surface area contributed by atoms with Crippen LogP contribution in [0.2, 0.25) is 0 Å². The van der Waals surface area contributed by atoms with Crippen LogP contribution in [0.4, 0.5) is 22.4 Å². The second kappa shape index (κ2) is 8.42. The van der Waals surface area contributed by atoms with Crippen molar-refractivity contribution < 1.29 is 37.0 Å². The average Bonchev–Trinajstić information content (AvgIpc) is 2.64. The van der Waals surface area contributed by atoms with Gasteiger partial charge < -0.3 is 19.6 Å². The van der Waals surface area contributed by atoms with Gasteiger partial charge >= 0.3 is 12.3 Å². The largest absolute Gasteiger partial charge is 0.476 e. The maximum atomic E-state index is 14.4. The summed E-state index contributed by atoms with van der Waals surface area (Å²) in [5.41, 5.74) is -2.32. The zero-order chi connectivity index (χ0) is 22.0. The standard InChI is InChI=1S/C18H23F4N3O4/c1-17(2,10-29-14-11(18(20,21)22)5-4-7-23-14)15(26)24(3)13-6-8-25(16(27)28)9-12(13)19/h4-5,7,12-13H,6,8-10H2,1-3H3,(H,27,28)/t12-,13-/m0/s1. The quantitative estimate of drug-likeness (QED) is 0.739. The van der Waals surface area contributed by atoms with Crippen LogP contribution in [0.5, 0.6) is 5.88 Å². The Morgan fingerprint density at radius 1 is 1.38 bits per heavy atom. The van der Waals surface area contributed by atoms with Crippen molar-refractivity contribution in [3.63, 3.8) is 0 Å². The van der Waals surface area contributed by atoms with Gasteiger partial charge in [0.25, 0.3) is 0 Å². The monoisotopic (exact) mass is 421 g/mol. The van der Waals surface area contributed by atoms with E-state index in [-0.39, 0.29) is 19.5 Å². The highest BCUT2D eigenvalue weighted by molar-refractivity contribution is 5.82. The molecule has 7 nitrogen and oxygen atoms in total. The number of ether oxygens (including phenoxy) is 1. The number of carboxylic acid groups (broad SMARTS) is 1. The third-order valence-electron chi connectivity index (χ3n) is 4.82. The summed E-state index contributed by atoms with van der Waals surface area (Å²) in [4.78, 5) is 29.5. The van der Waals surface area contributed by atoms with Crippen LogP contribution >= 0.6 is 0 Å². The number of hydrogen-bond acceptors (Lipinski definition) is 4. The average molecular weight is 421 g/mol. The fourth-order valence-corrected chi connectivity index (χ4v) is 3.16. The number of rotatable bonds is 5. The molecule has 1 aromatic rings. The summed E-state index contributed by atoms with van der Waals surface area (Å²) in [5, 5.41) is 8.95. The Morgan fingerprint density at radius 3 is 2.59 bits per heavy atom. The SMILES string of the molecule is CN(C(=O)C(C)(C)COc1ncccc1C(F)(F)F)[C@H]1CCN(C(=O)O)C[C@@H]1F. The summed E-state index contributed by atoms with van der Waals surface area (Å²) < 4.78 is 58.8. The Hall–Kier alpha value is -2.59. The molecule has 2 atom stereocenters. The molecular weight excluding hydrogens is 398 g/mol. The number of carbonyl (C=O) groups is 2. The van der Waals surface area contributed by atoms with E-state index in [1.165, 1.54) is 25.8 Å². The first-order chi connectivity index (χ1) is 13.3. The lowest BCUT2D eigenvalue weighted by Gasteiger charge is -2.40. The predicted molar refractivity (Wildman–Crippen MR) is 94.2 cm³/mol. The fourth-order valence-electron chi connectivity index (χ4n) is 3.16. The number of aromatic nitrogens is 1. The minimum Gasteiger partial charge on any atom is -0.476 e. The first-order valence-corrected chi connectivity index (χ1v) is 8.89. The van der Waals surface area contributed by atoms with Gasteiger partial charge in [0, 0.05) is 19.8 Å². The van der Waals surface area contributed by atoms with Crippen molar-refractivity contribution in [2.24, 2.45) is 5.41 Å². The molecule has 0 bridgehead atoms. The summed E-state index contributed by atoms with van der Waals surface area (Å²) in [6.45, 7) is 2.28. The first-order valence-electron chi connectivity index (χ1n) is 8.89. The van der Waals surface area contributed by atoms with E-state index in [9.17, 15) is 27.2 Å². The van der Waals surface area contributed by atoms with Gasteiger partial charge in [0.05, 0.1) is 18.0 Å². The van der Waals surface area contributed by atoms with Crippen LogP contribution in [0.25, 0.3) is 0 Å². The van der Waals surface area contributed by atoms with E-state index in [2.05, 4.69) is 4.98 Å². The molecule has 0 spiro atoms. The molecule has 1 aliphatic heterocycles. The number of nitrogens with zero attached hydrogens (tertiary/aromatic N) is 3. The summed E-state index contributed by atoms with van der Waals surface area (Å²) in [6.07, 6.45) is -6.20. The van der Waals surface area contributed by atoms with E-state index in [0.29, 0.717) is 0 Å². The molecule has 2 amide bonds. The van der Waals surface area contributed by atoms with E-state index in [1.807, 2.05) is 0 Å². The van der Waals surface area contributed by atoms with E-state index in [4.69, 9.17) is 9.84 Å². The minimum atomic E-state index is -4.66. The third kappa shape index (κ3) is 5.27. The number of pyridine rings is 1. The maximum absolute atomic E-state index is 14.4. The first kappa shape index (κ1) is 22.7. The van der Waals surface area contributed by atoms with E-state index >= 15 is 0 Å². The highest BCUT2D eigenvalue weighted by atomic mass is 19.4. The summed E-state index contributed by atoms with van der Waals surface area (Å²) in [7, 11) is 1.39. The van der Waals surface area contributed by atoms with Crippen molar-refractivity contribution in [3.05, 3.63) is 23.9 Å². The second-order valence-corrected chi connectivity index (χ2v) is 7.54. The molecule has 1 saturated heterocycles. The number of alkyl halides is 4. The zero-order valence-corrected chi connectivity index (χ0v) is 16.2. The van der Waals surface area contributed by atoms with Gasteiger partial charge in [0.1, 0.15) is 18.3 Å². The lowest BCUT2D eigenvalue weighted by Crippen LogP contribution is -2.56. The number of halogens is 4. The maximum Gasteiger partial charge on any atom is 0.421 e. The molecule has 1 N–H and O–H groups in total. The molecule has 1 aliphatic rings. The molecule has 11 heteroatoms. The molecule has 1 fully saturated rings. The summed E-state index contributed by atoms with van der Waals surface area (Å²) >= 11 is 0. The normalized spacial score (nSPS) is 20.3. The zero-order valence-electron chi connectivity index (χ0n) is 16.2. The molecule has 0 saturated carbocycles.